The van der Waals surface area contributed by atoms with E-state index in [0.717, 1.165) is 5.69 Å². The third-order valence-corrected chi connectivity index (χ3v) is 5.91. The number of hydrogen-bond acceptors (Lipinski definition) is 8. The minimum absolute atomic E-state index is 0.155. The van der Waals surface area contributed by atoms with Gasteiger partial charge in [0.15, 0.2) is 4.34 Å². The Balaban J connectivity index is 1.83. The molecule has 0 bridgehead atoms. The molecule has 0 atom stereocenters. The number of aryl methyl sites for hydroxylation is 3. The molecule has 2 aromatic heterocycles. The van der Waals surface area contributed by atoms with Gasteiger partial charge >= 0.3 is 0 Å². The molecule has 0 aliphatic carbocycles. The lowest BCUT2D eigenvalue weighted by molar-refractivity contribution is -0.387. The molecule has 0 aliphatic heterocycles. The summed E-state index contributed by atoms with van der Waals surface area (Å²) in [6, 6.07) is 8.04. The van der Waals surface area contributed by atoms with Gasteiger partial charge in [-0.15, -0.1) is 11.3 Å². The first kappa shape index (κ1) is 20.5. The number of nitriles is 1. The number of nitrogens with one attached hydrogen (secondary N) is 1. The largest absolute Gasteiger partial charge is 0.307 e. The normalized spacial score (nSPS) is 10.5. The summed E-state index contributed by atoms with van der Waals surface area (Å²) in [5.41, 5.74) is 1.53. The Morgan fingerprint density at radius 2 is 2.17 bits per heavy atom. The van der Waals surface area contributed by atoms with E-state index in [0.29, 0.717) is 27.3 Å². The number of aromatic nitrogens is 3. The molecule has 0 aliphatic rings. The van der Waals surface area contributed by atoms with Gasteiger partial charge < -0.3 is 5.32 Å². The fraction of sp³-hybridized carbons (Fsp3) is 0.222. The Hall–Kier alpha value is -3.23. The summed E-state index contributed by atoms with van der Waals surface area (Å²) in [4.78, 5) is 28.4. The number of rotatable bonds is 7. The zero-order valence-corrected chi connectivity index (χ0v) is 17.2. The Bertz CT molecular complexity index is 1120. The highest BCUT2D eigenvalue weighted by molar-refractivity contribution is 8.01. The molecule has 0 saturated carbocycles. The minimum atomic E-state index is -0.513. The van der Waals surface area contributed by atoms with Crippen molar-refractivity contribution < 1.29 is 9.72 Å². The van der Waals surface area contributed by atoms with Crippen molar-refractivity contribution >= 4 is 40.5 Å². The van der Waals surface area contributed by atoms with Crippen molar-refractivity contribution in [2.75, 3.05) is 5.32 Å². The number of anilines is 1. The van der Waals surface area contributed by atoms with Crippen molar-refractivity contribution in [1.29, 1.82) is 5.26 Å². The predicted octanol–water partition coefficient (Wildman–Crippen LogP) is 4.18. The van der Waals surface area contributed by atoms with Crippen LogP contribution in [0.15, 0.2) is 38.9 Å². The van der Waals surface area contributed by atoms with Crippen LogP contribution in [0.5, 0.6) is 0 Å². The highest BCUT2D eigenvalue weighted by Gasteiger charge is 2.20. The number of hydrogen-bond donors (Lipinski definition) is 1. The molecule has 2 heterocycles. The minimum Gasteiger partial charge on any atom is -0.307 e. The zero-order chi connectivity index (χ0) is 21.0. The SMILES string of the molecule is Cc1csc(Sc2ccc(C(=O)Nc3cc(C)nn3CCC#N)cc2[N+](=O)[O-])n1. The number of thiazole rings is 1. The zero-order valence-electron chi connectivity index (χ0n) is 15.6. The third kappa shape index (κ3) is 4.98. The van der Waals surface area contributed by atoms with Crippen LogP contribution in [0, 0.1) is 35.3 Å². The van der Waals surface area contributed by atoms with E-state index >= 15 is 0 Å². The fourth-order valence-electron chi connectivity index (χ4n) is 2.52. The van der Waals surface area contributed by atoms with E-state index in [2.05, 4.69) is 15.4 Å². The average Bonchev–Trinajstić information content (AvgIpc) is 3.24. The number of carbonyl (C=O) groups is 1. The van der Waals surface area contributed by atoms with Gasteiger partial charge in [-0.2, -0.15) is 10.4 Å². The number of nitrogens with zero attached hydrogens (tertiary/aromatic N) is 5. The van der Waals surface area contributed by atoms with E-state index in [-0.39, 0.29) is 17.7 Å². The molecule has 148 valence electrons. The van der Waals surface area contributed by atoms with Crippen LogP contribution in [-0.4, -0.2) is 25.6 Å². The Morgan fingerprint density at radius 1 is 1.38 bits per heavy atom. The topological polar surface area (TPSA) is 127 Å². The maximum atomic E-state index is 12.6. The molecule has 1 N–H and O–H groups in total. The van der Waals surface area contributed by atoms with E-state index in [4.69, 9.17) is 5.26 Å². The van der Waals surface area contributed by atoms with Gasteiger partial charge in [0.25, 0.3) is 11.6 Å². The Labute approximate surface area is 174 Å². The number of benzene rings is 1. The second kappa shape index (κ2) is 8.85. The lowest BCUT2D eigenvalue weighted by Crippen LogP contribution is -2.16. The number of carbonyl (C=O) groups excluding carboxylic acids is 1. The first-order valence-corrected chi connectivity index (χ1v) is 10.2. The second-order valence-electron chi connectivity index (χ2n) is 6.05. The fourth-order valence-corrected chi connectivity index (χ4v) is 4.40. The number of amides is 1. The third-order valence-electron chi connectivity index (χ3n) is 3.79. The summed E-state index contributed by atoms with van der Waals surface area (Å²) >= 11 is 2.60. The average molecular weight is 428 g/mol. The Morgan fingerprint density at radius 3 is 2.83 bits per heavy atom. The molecular weight excluding hydrogens is 412 g/mol. The lowest BCUT2D eigenvalue weighted by Gasteiger charge is -2.08. The smallest absolute Gasteiger partial charge is 0.284 e. The van der Waals surface area contributed by atoms with Crippen LogP contribution < -0.4 is 5.32 Å². The van der Waals surface area contributed by atoms with Gasteiger partial charge in [0.2, 0.25) is 0 Å². The van der Waals surface area contributed by atoms with E-state index in [1.165, 1.54) is 39.9 Å². The molecule has 0 fully saturated rings. The molecule has 9 nitrogen and oxygen atoms in total. The number of nitro benzene ring substituents is 1. The molecule has 0 spiro atoms. The van der Waals surface area contributed by atoms with E-state index in [9.17, 15) is 14.9 Å². The van der Waals surface area contributed by atoms with Crippen molar-refractivity contribution in [3.63, 3.8) is 0 Å². The van der Waals surface area contributed by atoms with Gasteiger partial charge in [0.1, 0.15) is 5.82 Å². The molecule has 0 radical (unpaired) electrons. The van der Waals surface area contributed by atoms with E-state index in [1.54, 1.807) is 19.1 Å². The van der Waals surface area contributed by atoms with Crippen molar-refractivity contribution in [2.24, 2.45) is 0 Å². The summed E-state index contributed by atoms with van der Waals surface area (Å²) in [5, 5.41) is 29.1. The van der Waals surface area contributed by atoms with E-state index in [1.807, 2.05) is 18.4 Å². The van der Waals surface area contributed by atoms with Gasteiger partial charge in [0, 0.05) is 28.8 Å². The molecule has 0 saturated heterocycles. The summed E-state index contributed by atoms with van der Waals surface area (Å²) in [7, 11) is 0. The second-order valence-corrected chi connectivity index (χ2v) is 8.20. The monoisotopic (exact) mass is 428 g/mol. The van der Waals surface area contributed by atoms with Gasteiger partial charge in [-0.05, 0) is 26.0 Å². The first-order valence-electron chi connectivity index (χ1n) is 8.48. The summed E-state index contributed by atoms with van der Waals surface area (Å²) in [6.45, 7) is 3.96. The van der Waals surface area contributed by atoms with Gasteiger partial charge in [-0.3, -0.25) is 14.9 Å². The molecule has 3 rings (SSSR count). The molecule has 3 aromatic rings. The molecule has 1 amide bonds. The molecule has 29 heavy (non-hydrogen) atoms. The van der Waals surface area contributed by atoms with Gasteiger partial charge in [0.05, 0.1) is 34.5 Å². The lowest BCUT2D eigenvalue weighted by atomic mass is 10.2. The highest BCUT2D eigenvalue weighted by Crippen LogP contribution is 2.36. The van der Waals surface area contributed by atoms with Crippen LogP contribution in [0.4, 0.5) is 11.5 Å². The van der Waals surface area contributed by atoms with Gasteiger partial charge in [-0.1, -0.05) is 11.8 Å². The summed E-state index contributed by atoms with van der Waals surface area (Å²) in [6.07, 6.45) is 0.248. The molecular formula is C18H16N6O3S2. The van der Waals surface area contributed by atoms with Crippen molar-refractivity contribution in [2.45, 2.75) is 36.0 Å². The maximum absolute atomic E-state index is 12.6. The highest BCUT2D eigenvalue weighted by atomic mass is 32.2. The van der Waals surface area contributed by atoms with E-state index < -0.39 is 10.8 Å². The molecule has 0 unspecified atom stereocenters. The quantitative estimate of drug-likeness (QED) is 0.442. The molecule has 11 heteroatoms. The van der Waals surface area contributed by atoms with Gasteiger partial charge in [-0.25, -0.2) is 9.67 Å². The van der Waals surface area contributed by atoms with Crippen LogP contribution in [0.2, 0.25) is 0 Å². The van der Waals surface area contributed by atoms with Crippen molar-refractivity contribution in [3.05, 3.63) is 56.7 Å². The van der Waals surface area contributed by atoms with Crippen LogP contribution in [0.25, 0.3) is 0 Å². The van der Waals surface area contributed by atoms with Crippen molar-refractivity contribution in [1.82, 2.24) is 14.8 Å². The molecule has 1 aromatic carbocycles. The number of nitro groups is 1. The Kier molecular flexibility index (Phi) is 6.26. The summed E-state index contributed by atoms with van der Waals surface area (Å²) in [5.74, 6) is -0.0602. The first-order chi connectivity index (χ1) is 13.9. The predicted molar refractivity (Wildman–Crippen MR) is 109 cm³/mol. The van der Waals surface area contributed by atoms with Crippen LogP contribution >= 0.6 is 23.1 Å². The van der Waals surface area contributed by atoms with Crippen LogP contribution in [0.1, 0.15) is 28.2 Å². The summed E-state index contributed by atoms with van der Waals surface area (Å²) < 4.78 is 2.22. The van der Waals surface area contributed by atoms with Crippen molar-refractivity contribution in [3.8, 4) is 6.07 Å². The maximum Gasteiger partial charge on any atom is 0.284 e. The van der Waals surface area contributed by atoms with Crippen LogP contribution in [0.3, 0.4) is 0 Å². The van der Waals surface area contributed by atoms with Crippen LogP contribution in [-0.2, 0) is 6.54 Å². The standard InChI is InChI=1S/C18H16N6O3S2/c1-11-8-16(23(22-11)7-3-6-19)21-17(25)13-4-5-15(14(9-13)24(26)27)29-18-20-12(2)10-28-18/h4-5,8-10H,3,7H2,1-2H3,(H,21,25).